The van der Waals surface area contributed by atoms with E-state index in [1.54, 1.807) is 13.0 Å². The van der Waals surface area contributed by atoms with Gasteiger partial charge in [-0.3, -0.25) is 0 Å². The summed E-state index contributed by atoms with van der Waals surface area (Å²) in [6.07, 6.45) is 3.74. The molecule has 1 fully saturated rings. The van der Waals surface area contributed by atoms with E-state index in [0.29, 0.717) is 11.3 Å². The van der Waals surface area contributed by atoms with E-state index in [0.717, 1.165) is 25.7 Å². The molecule has 0 unspecified atom stereocenters. The first-order valence-electron chi connectivity index (χ1n) is 7.88. The standard InChI is InChI=1S/C15H24N2O5S2/c1-12-11-14(7-8-15(12)22-2)24(20,21)16-9-10-23(18,19)17-13-5-3-4-6-13/h7-8,11,13,16-17H,3-6,9-10H2,1-2H3. The third-order valence-corrected chi connectivity index (χ3v) is 6.93. The lowest BCUT2D eigenvalue weighted by atomic mass is 10.2. The molecule has 0 aromatic heterocycles. The van der Waals surface area contributed by atoms with Gasteiger partial charge in [-0.15, -0.1) is 0 Å². The van der Waals surface area contributed by atoms with Crippen molar-refractivity contribution < 1.29 is 21.6 Å². The van der Waals surface area contributed by atoms with Crippen molar-refractivity contribution in [3.05, 3.63) is 23.8 Å². The van der Waals surface area contributed by atoms with E-state index in [1.165, 1.54) is 19.2 Å². The third-order valence-electron chi connectivity index (χ3n) is 4.04. The van der Waals surface area contributed by atoms with Gasteiger partial charge in [0, 0.05) is 12.6 Å². The summed E-state index contributed by atoms with van der Waals surface area (Å²) in [5, 5.41) is 0. The van der Waals surface area contributed by atoms with E-state index >= 15 is 0 Å². The van der Waals surface area contributed by atoms with E-state index in [4.69, 9.17) is 4.74 Å². The zero-order valence-electron chi connectivity index (χ0n) is 13.9. The number of methoxy groups -OCH3 is 1. The molecule has 1 aliphatic rings. The number of hydrogen-bond acceptors (Lipinski definition) is 5. The molecule has 1 aromatic carbocycles. The third kappa shape index (κ3) is 5.17. The van der Waals surface area contributed by atoms with Gasteiger partial charge in [0.05, 0.1) is 17.8 Å². The summed E-state index contributed by atoms with van der Waals surface area (Å²) >= 11 is 0. The molecule has 0 amide bonds. The van der Waals surface area contributed by atoms with Gasteiger partial charge < -0.3 is 4.74 Å². The second-order valence-electron chi connectivity index (χ2n) is 5.95. The molecular formula is C15H24N2O5S2. The van der Waals surface area contributed by atoms with Gasteiger partial charge in [0.2, 0.25) is 20.0 Å². The van der Waals surface area contributed by atoms with Crippen molar-refractivity contribution in [3.63, 3.8) is 0 Å². The summed E-state index contributed by atoms with van der Waals surface area (Å²) in [5.74, 6) is 0.315. The number of hydrogen-bond donors (Lipinski definition) is 2. The van der Waals surface area contributed by atoms with Crippen LogP contribution in [0.15, 0.2) is 23.1 Å². The lowest BCUT2D eigenvalue weighted by Gasteiger charge is -2.13. The predicted octanol–water partition coefficient (Wildman–Crippen LogP) is 1.14. The summed E-state index contributed by atoms with van der Waals surface area (Å²) in [5.41, 5.74) is 0.691. The first kappa shape index (κ1) is 19.2. The monoisotopic (exact) mass is 376 g/mol. The van der Waals surface area contributed by atoms with E-state index in [-0.39, 0.29) is 23.2 Å². The molecule has 0 atom stereocenters. The van der Waals surface area contributed by atoms with Crippen LogP contribution < -0.4 is 14.2 Å². The fraction of sp³-hybridized carbons (Fsp3) is 0.600. The molecule has 7 nitrogen and oxygen atoms in total. The molecule has 1 aliphatic carbocycles. The SMILES string of the molecule is COc1ccc(S(=O)(=O)NCCS(=O)(=O)NC2CCCC2)cc1C. The Balaban J connectivity index is 1.93. The molecule has 24 heavy (non-hydrogen) atoms. The van der Waals surface area contributed by atoms with Gasteiger partial charge >= 0.3 is 0 Å². The zero-order valence-corrected chi connectivity index (χ0v) is 15.5. The van der Waals surface area contributed by atoms with E-state index in [2.05, 4.69) is 9.44 Å². The van der Waals surface area contributed by atoms with Crippen molar-refractivity contribution in [3.8, 4) is 5.75 Å². The minimum atomic E-state index is -3.76. The predicted molar refractivity (Wildman–Crippen MR) is 92.1 cm³/mol. The number of ether oxygens (including phenoxy) is 1. The van der Waals surface area contributed by atoms with E-state index in [9.17, 15) is 16.8 Å². The molecule has 1 aromatic rings. The molecule has 0 spiro atoms. The molecule has 0 heterocycles. The lowest BCUT2D eigenvalue weighted by molar-refractivity contribution is 0.411. The Hall–Kier alpha value is -1.16. The molecule has 0 aliphatic heterocycles. The lowest BCUT2D eigenvalue weighted by Crippen LogP contribution is -2.38. The van der Waals surface area contributed by atoms with Crippen LogP contribution in [0.2, 0.25) is 0 Å². The van der Waals surface area contributed by atoms with Crippen LogP contribution in [0.3, 0.4) is 0 Å². The Morgan fingerprint density at radius 1 is 1.17 bits per heavy atom. The van der Waals surface area contributed by atoms with Crippen LogP contribution in [0, 0.1) is 6.92 Å². The van der Waals surface area contributed by atoms with Gasteiger partial charge in [-0.25, -0.2) is 26.3 Å². The summed E-state index contributed by atoms with van der Waals surface area (Å²) < 4.78 is 58.5. The Kier molecular flexibility index (Phi) is 6.24. The second kappa shape index (κ2) is 7.81. The maximum absolute atomic E-state index is 12.2. The number of rotatable bonds is 8. The van der Waals surface area contributed by atoms with Crippen LogP contribution in [-0.4, -0.2) is 42.3 Å². The average molecular weight is 377 g/mol. The quantitative estimate of drug-likeness (QED) is 0.708. The highest BCUT2D eigenvalue weighted by atomic mass is 32.2. The van der Waals surface area contributed by atoms with E-state index in [1.807, 2.05) is 0 Å². The fourth-order valence-electron chi connectivity index (χ4n) is 2.77. The minimum absolute atomic E-state index is 0.0177. The van der Waals surface area contributed by atoms with Gasteiger partial charge in [0.25, 0.3) is 0 Å². The summed E-state index contributed by atoms with van der Waals surface area (Å²) in [4.78, 5) is 0.0851. The minimum Gasteiger partial charge on any atom is -0.496 e. The van der Waals surface area contributed by atoms with Crippen molar-refractivity contribution in [2.75, 3.05) is 19.4 Å². The largest absolute Gasteiger partial charge is 0.496 e. The molecule has 2 N–H and O–H groups in total. The van der Waals surface area contributed by atoms with Crippen molar-refractivity contribution in [1.29, 1.82) is 0 Å². The van der Waals surface area contributed by atoms with Crippen LogP contribution in [0.1, 0.15) is 31.2 Å². The molecule has 0 saturated heterocycles. The molecule has 136 valence electrons. The summed E-state index contributed by atoms with van der Waals surface area (Å²) in [7, 11) is -5.73. The van der Waals surface area contributed by atoms with Crippen LogP contribution >= 0.6 is 0 Å². The highest BCUT2D eigenvalue weighted by Gasteiger charge is 2.22. The van der Waals surface area contributed by atoms with Gasteiger partial charge in [-0.2, -0.15) is 0 Å². The van der Waals surface area contributed by atoms with Crippen molar-refractivity contribution in [2.24, 2.45) is 0 Å². The fourth-order valence-corrected chi connectivity index (χ4v) is 5.25. The Labute approximate surface area is 143 Å². The summed E-state index contributed by atoms with van der Waals surface area (Å²) in [6, 6.07) is 4.48. The van der Waals surface area contributed by atoms with Gasteiger partial charge in [-0.05, 0) is 43.5 Å². The normalized spacial score (nSPS) is 16.4. The molecule has 2 rings (SSSR count). The number of benzene rings is 1. The molecule has 0 bridgehead atoms. The van der Waals surface area contributed by atoms with Crippen LogP contribution in [0.4, 0.5) is 0 Å². The molecular weight excluding hydrogens is 352 g/mol. The van der Waals surface area contributed by atoms with Crippen LogP contribution in [0.5, 0.6) is 5.75 Å². The van der Waals surface area contributed by atoms with Crippen molar-refractivity contribution in [2.45, 2.75) is 43.5 Å². The number of aryl methyl sites for hydroxylation is 1. The van der Waals surface area contributed by atoms with Gasteiger partial charge in [0.1, 0.15) is 5.75 Å². The Bertz CT molecular complexity index is 769. The first-order chi connectivity index (χ1) is 11.2. The average Bonchev–Trinajstić information content (AvgIpc) is 2.98. The Morgan fingerprint density at radius 2 is 1.83 bits per heavy atom. The van der Waals surface area contributed by atoms with Crippen LogP contribution in [-0.2, 0) is 20.0 Å². The number of nitrogens with one attached hydrogen (secondary N) is 2. The van der Waals surface area contributed by atoms with Gasteiger partial charge in [-0.1, -0.05) is 12.8 Å². The maximum Gasteiger partial charge on any atom is 0.240 e. The topological polar surface area (TPSA) is 102 Å². The summed E-state index contributed by atoms with van der Waals surface area (Å²) in [6.45, 7) is 1.57. The molecule has 9 heteroatoms. The maximum atomic E-state index is 12.2. The van der Waals surface area contributed by atoms with Crippen LogP contribution in [0.25, 0.3) is 0 Å². The molecule has 1 saturated carbocycles. The van der Waals surface area contributed by atoms with E-state index < -0.39 is 20.0 Å². The highest BCUT2D eigenvalue weighted by Crippen LogP contribution is 2.21. The number of sulfonamides is 2. The van der Waals surface area contributed by atoms with Crippen molar-refractivity contribution >= 4 is 20.0 Å². The molecule has 0 radical (unpaired) electrons. The Morgan fingerprint density at radius 3 is 2.42 bits per heavy atom. The van der Waals surface area contributed by atoms with Crippen molar-refractivity contribution in [1.82, 2.24) is 9.44 Å². The smallest absolute Gasteiger partial charge is 0.240 e. The highest BCUT2D eigenvalue weighted by molar-refractivity contribution is 7.90. The van der Waals surface area contributed by atoms with Gasteiger partial charge in [0.15, 0.2) is 0 Å². The second-order valence-corrected chi connectivity index (χ2v) is 9.59. The zero-order chi connectivity index (χ0) is 17.8. The first-order valence-corrected chi connectivity index (χ1v) is 11.0.